The molecule has 2 rings (SSSR count). The molecule has 1 aromatic carbocycles. The molecule has 0 fully saturated rings. The molecular weight excluding hydrogens is 218 g/mol. The zero-order valence-electron chi connectivity index (χ0n) is 7.20. The third-order valence-electron chi connectivity index (χ3n) is 1.76. The van der Waals surface area contributed by atoms with E-state index in [-0.39, 0.29) is 0 Å². The lowest BCUT2D eigenvalue weighted by Gasteiger charge is -1.95. The number of benzene rings is 1. The molecule has 14 heavy (non-hydrogen) atoms. The summed E-state index contributed by atoms with van der Waals surface area (Å²) in [5.74, 6) is 5.24. The number of nitrogen functional groups attached to an aromatic ring is 1. The van der Waals surface area contributed by atoms with E-state index in [2.05, 4.69) is 10.4 Å². The molecule has 0 saturated heterocycles. The van der Waals surface area contributed by atoms with Crippen LogP contribution in [0.5, 0.6) is 0 Å². The SMILES string of the molecule is NNc1ncc(-c2ccc(Cl)cc2)s1. The van der Waals surface area contributed by atoms with Crippen molar-refractivity contribution in [1.29, 1.82) is 0 Å². The van der Waals surface area contributed by atoms with Crippen LogP contribution in [-0.2, 0) is 0 Å². The topological polar surface area (TPSA) is 50.9 Å². The average molecular weight is 226 g/mol. The molecule has 0 spiro atoms. The normalized spacial score (nSPS) is 10.1. The van der Waals surface area contributed by atoms with Crippen LogP contribution in [0.3, 0.4) is 0 Å². The van der Waals surface area contributed by atoms with Gasteiger partial charge < -0.3 is 0 Å². The van der Waals surface area contributed by atoms with Gasteiger partial charge in [0.25, 0.3) is 0 Å². The Hall–Kier alpha value is -1.10. The Bertz CT molecular complexity index is 424. The third-order valence-corrected chi connectivity index (χ3v) is 2.99. The number of thiazole rings is 1. The van der Waals surface area contributed by atoms with Gasteiger partial charge in [-0.1, -0.05) is 35.1 Å². The summed E-state index contributed by atoms with van der Waals surface area (Å²) in [6.07, 6.45) is 1.78. The van der Waals surface area contributed by atoms with Gasteiger partial charge in [-0.3, -0.25) is 5.43 Å². The molecule has 0 radical (unpaired) electrons. The lowest BCUT2D eigenvalue weighted by atomic mass is 10.2. The second kappa shape index (κ2) is 3.96. The fourth-order valence-corrected chi connectivity index (χ4v) is 1.95. The summed E-state index contributed by atoms with van der Waals surface area (Å²) in [5, 5.41) is 1.44. The van der Waals surface area contributed by atoms with E-state index in [4.69, 9.17) is 17.4 Å². The second-order valence-electron chi connectivity index (χ2n) is 2.68. The first-order valence-electron chi connectivity index (χ1n) is 3.98. The van der Waals surface area contributed by atoms with Crippen molar-refractivity contribution in [3.8, 4) is 10.4 Å². The first-order valence-corrected chi connectivity index (χ1v) is 5.17. The van der Waals surface area contributed by atoms with Gasteiger partial charge in [-0.25, -0.2) is 10.8 Å². The molecule has 0 bridgehead atoms. The third kappa shape index (κ3) is 1.87. The first kappa shape index (κ1) is 9.45. The molecule has 0 aliphatic heterocycles. The summed E-state index contributed by atoms with van der Waals surface area (Å²) in [7, 11) is 0. The van der Waals surface area contributed by atoms with Crippen molar-refractivity contribution < 1.29 is 0 Å². The van der Waals surface area contributed by atoms with Crippen LogP contribution in [0.25, 0.3) is 10.4 Å². The lowest BCUT2D eigenvalue weighted by molar-refractivity contribution is 1.29. The maximum Gasteiger partial charge on any atom is 0.197 e. The van der Waals surface area contributed by atoms with E-state index >= 15 is 0 Å². The number of halogens is 1. The monoisotopic (exact) mass is 225 g/mol. The molecule has 0 unspecified atom stereocenters. The number of hydrazine groups is 1. The van der Waals surface area contributed by atoms with Gasteiger partial charge in [-0.15, -0.1) is 0 Å². The highest BCUT2D eigenvalue weighted by Crippen LogP contribution is 2.28. The van der Waals surface area contributed by atoms with Gasteiger partial charge >= 0.3 is 0 Å². The Morgan fingerprint density at radius 3 is 2.57 bits per heavy atom. The van der Waals surface area contributed by atoms with Crippen LogP contribution < -0.4 is 11.3 Å². The largest absolute Gasteiger partial charge is 0.300 e. The molecule has 3 N–H and O–H groups in total. The molecule has 0 saturated carbocycles. The predicted molar refractivity (Wildman–Crippen MR) is 60.4 cm³/mol. The van der Waals surface area contributed by atoms with Crippen LogP contribution in [0.2, 0.25) is 5.02 Å². The van der Waals surface area contributed by atoms with Gasteiger partial charge in [0.05, 0.1) is 4.88 Å². The van der Waals surface area contributed by atoms with E-state index in [1.54, 1.807) is 6.20 Å². The zero-order valence-corrected chi connectivity index (χ0v) is 8.77. The molecule has 0 amide bonds. The Labute approximate surface area is 90.5 Å². The van der Waals surface area contributed by atoms with Crippen molar-refractivity contribution in [3.05, 3.63) is 35.5 Å². The molecule has 0 aliphatic rings. The summed E-state index contributed by atoms with van der Waals surface area (Å²) < 4.78 is 0. The Morgan fingerprint density at radius 2 is 2.00 bits per heavy atom. The van der Waals surface area contributed by atoms with Crippen molar-refractivity contribution in [2.45, 2.75) is 0 Å². The fraction of sp³-hybridized carbons (Fsp3) is 0. The van der Waals surface area contributed by atoms with Gasteiger partial charge in [0.2, 0.25) is 0 Å². The van der Waals surface area contributed by atoms with Crippen LogP contribution in [0.1, 0.15) is 0 Å². The van der Waals surface area contributed by atoms with Crippen LogP contribution in [0.4, 0.5) is 5.13 Å². The maximum absolute atomic E-state index is 5.79. The Morgan fingerprint density at radius 1 is 1.29 bits per heavy atom. The number of nitrogens with one attached hydrogen (secondary N) is 1. The van der Waals surface area contributed by atoms with Crippen LogP contribution in [0, 0.1) is 0 Å². The van der Waals surface area contributed by atoms with E-state index in [0.29, 0.717) is 5.13 Å². The van der Waals surface area contributed by atoms with Gasteiger partial charge in [0, 0.05) is 11.2 Å². The molecule has 72 valence electrons. The second-order valence-corrected chi connectivity index (χ2v) is 4.15. The summed E-state index contributed by atoms with van der Waals surface area (Å²) >= 11 is 7.29. The standard InChI is InChI=1S/C9H8ClN3S/c10-7-3-1-6(2-4-7)8-5-12-9(13-11)14-8/h1-5H,11H2,(H,12,13). The highest BCUT2D eigenvalue weighted by Gasteiger charge is 2.02. The van der Waals surface area contributed by atoms with E-state index in [9.17, 15) is 0 Å². The summed E-state index contributed by atoms with van der Waals surface area (Å²) in [4.78, 5) is 5.15. The van der Waals surface area contributed by atoms with E-state index in [1.807, 2.05) is 24.3 Å². The lowest BCUT2D eigenvalue weighted by Crippen LogP contribution is -2.05. The molecule has 0 atom stereocenters. The molecular formula is C9H8ClN3S. The van der Waals surface area contributed by atoms with E-state index in [1.165, 1.54) is 11.3 Å². The minimum absolute atomic E-state index is 0.704. The summed E-state index contributed by atoms with van der Waals surface area (Å²) in [6, 6.07) is 7.62. The quantitative estimate of drug-likeness (QED) is 0.611. The highest BCUT2D eigenvalue weighted by atomic mass is 35.5. The van der Waals surface area contributed by atoms with E-state index in [0.717, 1.165) is 15.5 Å². The van der Waals surface area contributed by atoms with Crippen LogP contribution in [0.15, 0.2) is 30.5 Å². The summed E-state index contributed by atoms with van der Waals surface area (Å²) in [6.45, 7) is 0. The first-order chi connectivity index (χ1) is 6.79. The number of hydrogen-bond acceptors (Lipinski definition) is 4. The van der Waals surface area contributed by atoms with E-state index < -0.39 is 0 Å². The van der Waals surface area contributed by atoms with Gasteiger partial charge in [-0.2, -0.15) is 0 Å². The van der Waals surface area contributed by atoms with Crippen molar-refractivity contribution in [3.63, 3.8) is 0 Å². The number of nitrogens with zero attached hydrogens (tertiary/aromatic N) is 1. The molecule has 3 nitrogen and oxygen atoms in total. The van der Waals surface area contributed by atoms with Gasteiger partial charge in [0.1, 0.15) is 0 Å². The smallest absolute Gasteiger partial charge is 0.197 e. The Kier molecular flexibility index (Phi) is 2.67. The Balaban J connectivity index is 2.34. The average Bonchev–Trinajstić information content (AvgIpc) is 2.67. The maximum atomic E-state index is 5.79. The van der Waals surface area contributed by atoms with Gasteiger partial charge in [0.15, 0.2) is 5.13 Å². The number of rotatable bonds is 2. The van der Waals surface area contributed by atoms with Crippen molar-refractivity contribution in [2.24, 2.45) is 5.84 Å². The highest BCUT2D eigenvalue weighted by molar-refractivity contribution is 7.18. The number of nitrogens with two attached hydrogens (primary N) is 1. The molecule has 1 heterocycles. The van der Waals surface area contributed by atoms with Crippen LogP contribution >= 0.6 is 22.9 Å². The number of hydrogen-bond donors (Lipinski definition) is 2. The van der Waals surface area contributed by atoms with Crippen molar-refractivity contribution in [1.82, 2.24) is 4.98 Å². The fourth-order valence-electron chi connectivity index (χ4n) is 1.09. The van der Waals surface area contributed by atoms with Crippen molar-refractivity contribution >= 4 is 28.1 Å². The predicted octanol–water partition coefficient (Wildman–Crippen LogP) is 2.75. The van der Waals surface area contributed by atoms with Gasteiger partial charge in [-0.05, 0) is 17.7 Å². The number of anilines is 1. The summed E-state index contributed by atoms with van der Waals surface area (Å²) in [5.41, 5.74) is 3.60. The van der Waals surface area contributed by atoms with Crippen molar-refractivity contribution in [2.75, 3.05) is 5.43 Å². The molecule has 2 aromatic rings. The molecule has 1 aromatic heterocycles. The number of aromatic nitrogens is 1. The zero-order chi connectivity index (χ0) is 9.97. The molecule has 5 heteroatoms. The molecule has 0 aliphatic carbocycles. The van der Waals surface area contributed by atoms with Crippen LogP contribution in [-0.4, -0.2) is 4.98 Å². The minimum atomic E-state index is 0.704. The minimum Gasteiger partial charge on any atom is -0.300 e.